The predicted molar refractivity (Wildman–Crippen MR) is 60.8 cm³/mol. The number of aromatic amines is 1. The lowest BCUT2D eigenvalue weighted by Gasteiger charge is -2.03. The first-order valence-electron chi connectivity index (χ1n) is 4.35. The highest BCUT2D eigenvalue weighted by Gasteiger charge is 2.11. The van der Waals surface area contributed by atoms with E-state index in [1.54, 1.807) is 6.07 Å². The van der Waals surface area contributed by atoms with Gasteiger partial charge < -0.3 is 5.73 Å². The van der Waals surface area contributed by atoms with Crippen LogP contribution in [0, 0.1) is 12.7 Å². The highest BCUT2D eigenvalue weighted by atomic mass is 79.9. The van der Waals surface area contributed by atoms with Crippen LogP contribution in [0.2, 0.25) is 0 Å². The van der Waals surface area contributed by atoms with Gasteiger partial charge in [0.05, 0.1) is 5.69 Å². The Labute approximate surface area is 94.6 Å². The lowest BCUT2D eigenvalue weighted by Crippen LogP contribution is -1.87. The number of nitrogens with one attached hydrogen (secondary N) is 1. The zero-order chi connectivity index (χ0) is 11.0. The summed E-state index contributed by atoms with van der Waals surface area (Å²) in [6.45, 7) is 1.84. The van der Waals surface area contributed by atoms with Gasteiger partial charge in [-0.2, -0.15) is 5.10 Å². The Balaban J connectivity index is 2.63. The summed E-state index contributed by atoms with van der Waals surface area (Å²) in [6.07, 6.45) is 0. The normalized spacial score (nSPS) is 10.6. The van der Waals surface area contributed by atoms with Crippen LogP contribution in [-0.2, 0) is 0 Å². The van der Waals surface area contributed by atoms with Crippen molar-refractivity contribution in [2.75, 3.05) is 5.73 Å². The number of rotatable bonds is 1. The molecular formula is C10H9BrFN3. The van der Waals surface area contributed by atoms with Gasteiger partial charge in [0.2, 0.25) is 0 Å². The van der Waals surface area contributed by atoms with Crippen molar-refractivity contribution in [1.82, 2.24) is 10.2 Å². The van der Waals surface area contributed by atoms with Crippen molar-refractivity contribution in [1.29, 1.82) is 0 Å². The Morgan fingerprint density at radius 2 is 2.20 bits per heavy atom. The second-order valence-electron chi connectivity index (χ2n) is 3.23. The van der Waals surface area contributed by atoms with Crippen LogP contribution < -0.4 is 5.73 Å². The summed E-state index contributed by atoms with van der Waals surface area (Å²) >= 11 is 3.36. The fraction of sp³-hybridized carbons (Fsp3) is 0.100. The molecule has 15 heavy (non-hydrogen) atoms. The lowest BCUT2D eigenvalue weighted by molar-refractivity contribution is 0.628. The van der Waals surface area contributed by atoms with E-state index < -0.39 is 0 Å². The van der Waals surface area contributed by atoms with Gasteiger partial charge in [-0.15, -0.1) is 0 Å². The highest BCUT2D eigenvalue weighted by Crippen LogP contribution is 2.31. The second-order valence-corrected chi connectivity index (χ2v) is 4.09. The Bertz CT molecular complexity index is 507. The Morgan fingerprint density at radius 1 is 1.47 bits per heavy atom. The van der Waals surface area contributed by atoms with E-state index in [0.717, 1.165) is 21.3 Å². The molecule has 2 aromatic rings. The van der Waals surface area contributed by atoms with E-state index in [9.17, 15) is 4.39 Å². The molecule has 1 aromatic heterocycles. The van der Waals surface area contributed by atoms with Crippen molar-refractivity contribution in [3.63, 3.8) is 0 Å². The van der Waals surface area contributed by atoms with E-state index in [-0.39, 0.29) is 5.82 Å². The highest BCUT2D eigenvalue weighted by molar-refractivity contribution is 9.10. The third-order valence-electron chi connectivity index (χ3n) is 2.25. The maximum Gasteiger partial charge on any atom is 0.148 e. The maximum absolute atomic E-state index is 13.1. The zero-order valence-electron chi connectivity index (χ0n) is 8.01. The molecule has 3 N–H and O–H groups in total. The van der Waals surface area contributed by atoms with E-state index in [1.165, 1.54) is 12.1 Å². The van der Waals surface area contributed by atoms with Gasteiger partial charge in [0.15, 0.2) is 0 Å². The molecule has 0 aliphatic heterocycles. The van der Waals surface area contributed by atoms with Gasteiger partial charge in [0.25, 0.3) is 0 Å². The molecule has 0 spiro atoms. The molecule has 0 amide bonds. The smallest absolute Gasteiger partial charge is 0.148 e. The van der Waals surface area contributed by atoms with Crippen molar-refractivity contribution in [2.24, 2.45) is 0 Å². The predicted octanol–water partition coefficient (Wildman–Crippen LogP) is 2.87. The van der Waals surface area contributed by atoms with Gasteiger partial charge >= 0.3 is 0 Å². The van der Waals surface area contributed by atoms with Crippen LogP contribution in [0.4, 0.5) is 10.2 Å². The number of nitrogens with zero attached hydrogens (tertiary/aromatic N) is 1. The van der Waals surface area contributed by atoms with Crippen molar-refractivity contribution in [3.8, 4) is 11.3 Å². The van der Waals surface area contributed by atoms with Crippen molar-refractivity contribution >= 4 is 21.7 Å². The standard InChI is InChI=1S/C10H9BrFN3/c1-5-9(14-15-10(5)13)7-4-6(12)2-3-8(7)11/h2-4H,1H3,(H3,13,14,15). The van der Waals surface area contributed by atoms with Crippen LogP contribution in [0.15, 0.2) is 22.7 Å². The molecule has 0 aliphatic rings. The van der Waals surface area contributed by atoms with Crippen molar-refractivity contribution in [3.05, 3.63) is 34.1 Å². The summed E-state index contributed by atoms with van der Waals surface area (Å²) in [5.41, 5.74) is 7.89. The summed E-state index contributed by atoms with van der Waals surface area (Å²) in [4.78, 5) is 0. The van der Waals surface area contributed by atoms with Gasteiger partial charge in [0, 0.05) is 15.6 Å². The van der Waals surface area contributed by atoms with Crippen molar-refractivity contribution < 1.29 is 4.39 Å². The molecule has 0 radical (unpaired) electrons. The number of aromatic nitrogens is 2. The molecular weight excluding hydrogens is 261 g/mol. The molecule has 78 valence electrons. The van der Waals surface area contributed by atoms with E-state index in [4.69, 9.17) is 5.73 Å². The number of benzene rings is 1. The summed E-state index contributed by atoms with van der Waals surface area (Å²) in [6, 6.07) is 4.48. The van der Waals surface area contributed by atoms with Gasteiger partial charge in [-0.3, -0.25) is 5.10 Å². The number of anilines is 1. The van der Waals surface area contributed by atoms with Crippen LogP contribution in [0.25, 0.3) is 11.3 Å². The van der Waals surface area contributed by atoms with Crippen LogP contribution in [0.5, 0.6) is 0 Å². The third kappa shape index (κ3) is 1.74. The minimum atomic E-state index is -0.291. The van der Waals surface area contributed by atoms with Gasteiger partial charge in [-0.1, -0.05) is 15.9 Å². The molecule has 0 saturated heterocycles. The summed E-state index contributed by atoms with van der Waals surface area (Å²) < 4.78 is 13.9. The first-order valence-corrected chi connectivity index (χ1v) is 5.14. The molecule has 3 nitrogen and oxygen atoms in total. The quantitative estimate of drug-likeness (QED) is 0.837. The first-order chi connectivity index (χ1) is 7.09. The summed E-state index contributed by atoms with van der Waals surface area (Å²) in [5.74, 6) is 0.141. The molecule has 0 aliphatic carbocycles. The second kappa shape index (κ2) is 3.66. The number of H-pyrrole nitrogens is 1. The summed E-state index contributed by atoms with van der Waals surface area (Å²) in [5, 5.41) is 6.66. The van der Waals surface area contributed by atoms with Gasteiger partial charge in [-0.25, -0.2) is 4.39 Å². The van der Waals surface area contributed by atoms with Crippen LogP contribution in [-0.4, -0.2) is 10.2 Å². The number of hydrogen-bond acceptors (Lipinski definition) is 2. The molecule has 5 heteroatoms. The SMILES string of the molecule is Cc1c(N)n[nH]c1-c1cc(F)ccc1Br. The van der Waals surface area contributed by atoms with E-state index >= 15 is 0 Å². The van der Waals surface area contributed by atoms with Gasteiger partial charge in [-0.05, 0) is 25.1 Å². The van der Waals surface area contributed by atoms with Crippen molar-refractivity contribution in [2.45, 2.75) is 6.92 Å². The average Bonchev–Trinajstić information content (AvgIpc) is 2.52. The molecule has 0 unspecified atom stereocenters. The largest absolute Gasteiger partial charge is 0.382 e. The Kier molecular flexibility index (Phi) is 2.48. The molecule has 0 bridgehead atoms. The number of nitrogens with two attached hydrogens (primary N) is 1. The number of halogens is 2. The van der Waals surface area contributed by atoms with E-state index in [0.29, 0.717) is 5.82 Å². The minimum absolute atomic E-state index is 0.291. The fourth-order valence-electron chi connectivity index (χ4n) is 1.36. The molecule has 1 heterocycles. The molecule has 1 aromatic carbocycles. The molecule has 0 fully saturated rings. The van der Waals surface area contributed by atoms with Crippen LogP contribution >= 0.6 is 15.9 Å². The Morgan fingerprint density at radius 3 is 2.80 bits per heavy atom. The topological polar surface area (TPSA) is 54.7 Å². The lowest BCUT2D eigenvalue weighted by atomic mass is 10.1. The number of nitrogen functional groups attached to an aromatic ring is 1. The first kappa shape index (κ1) is 10.2. The monoisotopic (exact) mass is 269 g/mol. The molecule has 0 atom stereocenters. The van der Waals surface area contributed by atoms with Crippen LogP contribution in [0.1, 0.15) is 5.56 Å². The third-order valence-corrected chi connectivity index (χ3v) is 2.94. The molecule has 2 rings (SSSR count). The maximum atomic E-state index is 13.1. The Hall–Kier alpha value is -1.36. The fourth-order valence-corrected chi connectivity index (χ4v) is 1.81. The molecule has 0 saturated carbocycles. The van der Waals surface area contributed by atoms with Gasteiger partial charge in [0.1, 0.15) is 11.6 Å². The average molecular weight is 270 g/mol. The summed E-state index contributed by atoms with van der Waals surface area (Å²) in [7, 11) is 0. The van der Waals surface area contributed by atoms with E-state index in [2.05, 4.69) is 26.1 Å². The number of hydrogen-bond donors (Lipinski definition) is 2. The minimum Gasteiger partial charge on any atom is -0.382 e. The van der Waals surface area contributed by atoms with E-state index in [1.807, 2.05) is 6.92 Å². The van der Waals surface area contributed by atoms with Crippen LogP contribution in [0.3, 0.4) is 0 Å². The zero-order valence-corrected chi connectivity index (χ0v) is 9.60.